The number of thioether (sulfide) groups is 1. The summed E-state index contributed by atoms with van der Waals surface area (Å²) in [7, 11) is 0. The Balaban J connectivity index is 1.72. The molecule has 1 aromatic heterocycles. The lowest BCUT2D eigenvalue weighted by Crippen LogP contribution is -2.44. The Morgan fingerprint density at radius 2 is 2.23 bits per heavy atom. The summed E-state index contributed by atoms with van der Waals surface area (Å²) in [5, 5.41) is 0.589. The summed E-state index contributed by atoms with van der Waals surface area (Å²) < 4.78 is 0.244. The van der Waals surface area contributed by atoms with E-state index in [0.717, 1.165) is 23.4 Å². The molecule has 1 saturated heterocycles. The summed E-state index contributed by atoms with van der Waals surface area (Å²) >= 11 is 8.32. The Morgan fingerprint density at radius 1 is 1.42 bits per heavy atom. The normalized spacial score (nSPS) is 20.8. The van der Waals surface area contributed by atoms with Gasteiger partial charge in [0.2, 0.25) is 5.91 Å². The number of rotatable bonds is 3. The minimum absolute atomic E-state index is 0.0386. The number of nitrogen functional groups attached to an aromatic ring is 1. The molecule has 4 rings (SSSR count). The standard InChI is InChI=1S/C19H19ClN4OS/c1-2-17(25)24-11-19(4-5-19)26-10-15(24)12-7-13(9-14(20)8-12)18-22-6-3-16(21)23-18/h2-3,6-9,15H,1,4-5,10-11H2,(H2,21,22,23). The third-order valence-electron chi connectivity index (χ3n) is 4.89. The SMILES string of the molecule is C=CC(=O)N1CC2(CC2)SCC1c1cc(Cl)cc(-c2nccc(N)n2)c1. The maximum absolute atomic E-state index is 12.5. The van der Waals surface area contributed by atoms with Crippen molar-refractivity contribution in [2.24, 2.45) is 0 Å². The van der Waals surface area contributed by atoms with E-state index in [4.69, 9.17) is 17.3 Å². The summed E-state index contributed by atoms with van der Waals surface area (Å²) in [6.45, 7) is 4.42. The highest BCUT2D eigenvalue weighted by molar-refractivity contribution is 8.01. The van der Waals surface area contributed by atoms with E-state index >= 15 is 0 Å². The molecule has 2 heterocycles. The van der Waals surface area contributed by atoms with Crippen LogP contribution in [0.1, 0.15) is 24.4 Å². The molecule has 1 aliphatic heterocycles. The lowest BCUT2D eigenvalue weighted by Gasteiger charge is -2.39. The second-order valence-electron chi connectivity index (χ2n) is 6.76. The summed E-state index contributed by atoms with van der Waals surface area (Å²) in [5.74, 6) is 1.74. The van der Waals surface area contributed by atoms with Crippen LogP contribution in [0, 0.1) is 0 Å². The highest BCUT2D eigenvalue weighted by atomic mass is 35.5. The molecule has 5 nitrogen and oxygen atoms in total. The highest BCUT2D eigenvalue weighted by Gasteiger charge is 2.50. The first-order chi connectivity index (χ1) is 12.5. The number of carbonyl (C=O) groups is 1. The second kappa shape index (κ2) is 6.59. The predicted molar refractivity (Wildman–Crippen MR) is 106 cm³/mol. The molecule has 2 aromatic rings. The Hall–Kier alpha value is -2.05. The van der Waals surface area contributed by atoms with E-state index in [2.05, 4.69) is 16.5 Å². The van der Waals surface area contributed by atoms with Gasteiger partial charge in [-0.15, -0.1) is 0 Å². The average molecular weight is 387 g/mol. The van der Waals surface area contributed by atoms with E-state index in [1.165, 1.54) is 18.9 Å². The maximum Gasteiger partial charge on any atom is 0.246 e. The zero-order valence-corrected chi connectivity index (χ0v) is 15.8. The predicted octanol–water partition coefficient (Wildman–Crippen LogP) is 3.71. The lowest BCUT2D eigenvalue weighted by atomic mass is 10.0. The number of benzene rings is 1. The van der Waals surface area contributed by atoms with Crippen LogP contribution in [0.2, 0.25) is 5.02 Å². The number of halogens is 1. The quantitative estimate of drug-likeness (QED) is 0.814. The van der Waals surface area contributed by atoms with Crippen LogP contribution in [0.15, 0.2) is 43.1 Å². The molecule has 26 heavy (non-hydrogen) atoms. The van der Waals surface area contributed by atoms with Gasteiger partial charge in [0.15, 0.2) is 5.82 Å². The van der Waals surface area contributed by atoms with Gasteiger partial charge in [0.25, 0.3) is 0 Å². The Labute approximate surface area is 161 Å². The largest absolute Gasteiger partial charge is 0.384 e. The summed E-state index contributed by atoms with van der Waals surface area (Å²) in [6.07, 6.45) is 5.36. The molecule has 2 aliphatic rings. The Morgan fingerprint density at radius 3 is 2.92 bits per heavy atom. The molecule has 1 unspecified atom stereocenters. The molecule has 0 radical (unpaired) electrons. The van der Waals surface area contributed by atoms with E-state index in [1.807, 2.05) is 34.9 Å². The van der Waals surface area contributed by atoms with Gasteiger partial charge < -0.3 is 10.6 Å². The maximum atomic E-state index is 12.5. The van der Waals surface area contributed by atoms with Gasteiger partial charge in [0.1, 0.15) is 5.82 Å². The molecule has 1 spiro atoms. The minimum Gasteiger partial charge on any atom is -0.384 e. The number of aromatic nitrogens is 2. The van der Waals surface area contributed by atoms with Crippen molar-refractivity contribution in [3.63, 3.8) is 0 Å². The van der Waals surface area contributed by atoms with Crippen molar-refractivity contribution in [1.29, 1.82) is 0 Å². The van der Waals surface area contributed by atoms with Crippen molar-refractivity contribution in [2.45, 2.75) is 23.6 Å². The van der Waals surface area contributed by atoms with Crippen molar-refractivity contribution >= 4 is 35.1 Å². The van der Waals surface area contributed by atoms with Gasteiger partial charge in [0, 0.05) is 33.8 Å². The zero-order chi connectivity index (χ0) is 18.3. The van der Waals surface area contributed by atoms with E-state index < -0.39 is 0 Å². The van der Waals surface area contributed by atoms with E-state index in [1.54, 1.807) is 12.3 Å². The number of carbonyl (C=O) groups excluding carboxylic acids is 1. The fraction of sp³-hybridized carbons (Fsp3) is 0.316. The molecule has 134 valence electrons. The highest BCUT2D eigenvalue weighted by Crippen LogP contribution is 2.54. The molecular formula is C19H19ClN4OS. The van der Waals surface area contributed by atoms with Crippen LogP contribution in [-0.4, -0.2) is 37.8 Å². The van der Waals surface area contributed by atoms with Crippen molar-refractivity contribution in [2.75, 3.05) is 18.0 Å². The monoisotopic (exact) mass is 386 g/mol. The molecule has 1 amide bonds. The van der Waals surface area contributed by atoms with Crippen molar-refractivity contribution in [1.82, 2.24) is 14.9 Å². The molecule has 0 bridgehead atoms. The first-order valence-corrected chi connectivity index (χ1v) is 9.82. The first kappa shape index (κ1) is 17.4. The molecule has 2 fully saturated rings. The zero-order valence-electron chi connectivity index (χ0n) is 14.2. The molecule has 7 heteroatoms. The van der Waals surface area contributed by atoms with Gasteiger partial charge in [-0.25, -0.2) is 9.97 Å². The van der Waals surface area contributed by atoms with E-state index in [0.29, 0.717) is 16.7 Å². The van der Waals surface area contributed by atoms with Crippen LogP contribution in [0.3, 0.4) is 0 Å². The van der Waals surface area contributed by atoms with Gasteiger partial charge in [0.05, 0.1) is 6.04 Å². The lowest BCUT2D eigenvalue weighted by molar-refractivity contribution is -0.128. The minimum atomic E-state index is -0.0461. The third-order valence-corrected chi connectivity index (χ3v) is 6.74. The van der Waals surface area contributed by atoms with Crippen LogP contribution in [0.5, 0.6) is 0 Å². The van der Waals surface area contributed by atoms with E-state index in [-0.39, 0.29) is 16.7 Å². The molecule has 2 N–H and O–H groups in total. The Kier molecular flexibility index (Phi) is 4.40. The summed E-state index contributed by atoms with van der Waals surface area (Å²) in [4.78, 5) is 23.0. The molecule has 1 atom stereocenters. The average Bonchev–Trinajstić information content (AvgIpc) is 3.39. The number of hydrogen-bond donors (Lipinski definition) is 1. The van der Waals surface area contributed by atoms with Crippen molar-refractivity contribution in [3.8, 4) is 11.4 Å². The van der Waals surface area contributed by atoms with Gasteiger partial charge in [-0.2, -0.15) is 11.8 Å². The molecule has 1 aromatic carbocycles. The van der Waals surface area contributed by atoms with Gasteiger partial charge >= 0.3 is 0 Å². The van der Waals surface area contributed by atoms with Crippen LogP contribution >= 0.6 is 23.4 Å². The fourth-order valence-electron chi connectivity index (χ4n) is 3.32. The number of nitrogens with two attached hydrogens (primary N) is 1. The number of amides is 1. The van der Waals surface area contributed by atoms with Crippen LogP contribution in [0.4, 0.5) is 5.82 Å². The third kappa shape index (κ3) is 3.31. The molecule has 1 saturated carbocycles. The fourth-order valence-corrected chi connectivity index (χ4v) is 5.07. The van der Waals surface area contributed by atoms with Gasteiger partial charge in [-0.05, 0) is 48.7 Å². The van der Waals surface area contributed by atoms with Crippen LogP contribution < -0.4 is 5.73 Å². The van der Waals surface area contributed by atoms with E-state index in [9.17, 15) is 4.79 Å². The topological polar surface area (TPSA) is 72.1 Å². The number of anilines is 1. The smallest absolute Gasteiger partial charge is 0.246 e. The number of nitrogens with zero attached hydrogens (tertiary/aromatic N) is 3. The van der Waals surface area contributed by atoms with Crippen molar-refractivity contribution < 1.29 is 4.79 Å². The second-order valence-corrected chi connectivity index (χ2v) is 8.68. The molecule has 1 aliphatic carbocycles. The van der Waals surface area contributed by atoms with Crippen molar-refractivity contribution in [3.05, 3.63) is 53.7 Å². The van der Waals surface area contributed by atoms with Gasteiger partial charge in [-0.3, -0.25) is 4.79 Å². The van der Waals surface area contributed by atoms with Crippen LogP contribution in [0.25, 0.3) is 11.4 Å². The number of hydrogen-bond acceptors (Lipinski definition) is 5. The Bertz CT molecular complexity index is 884. The van der Waals surface area contributed by atoms with Crippen LogP contribution in [-0.2, 0) is 4.79 Å². The summed E-state index contributed by atoms with van der Waals surface area (Å²) in [5.41, 5.74) is 7.56. The van der Waals surface area contributed by atoms with Gasteiger partial charge in [-0.1, -0.05) is 18.2 Å². The molecular weight excluding hydrogens is 368 g/mol. The summed E-state index contributed by atoms with van der Waals surface area (Å²) in [6, 6.07) is 7.33. The first-order valence-electron chi connectivity index (χ1n) is 8.46.